The molecule has 0 amide bonds. The zero-order valence-electron chi connectivity index (χ0n) is 6.88. The molecule has 0 aliphatic rings. The molecule has 0 saturated heterocycles. The summed E-state index contributed by atoms with van der Waals surface area (Å²) in [4.78, 5) is 9.19. The summed E-state index contributed by atoms with van der Waals surface area (Å²) in [6, 6.07) is 0.917. The minimum atomic E-state index is -4.71. The lowest BCUT2D eigenvalue weighted by molar-refractivity contribution is -0.386. The Bertz CT molecular complexity index is 419. The molecule has 0 saturated carbocycles. The number of benzene rings is 1. The summed E-state index contributed by atoms with van der Waals surface area (Å²) in [5.74, 6) is -0.820. The van der Waals surface area contributed by atoms with E-state index in [2.05, 4.69) is 15.9 Å². The predicted molar refractivity (Wildman–Crippen MR) is 47.5 cm³/mol. The van der Waals surface area contributed by atoms with Gasteiger partial charge < -0.3 is 5.11 Å². The highest BCUT2D eigenvalue weighted by molar-refractivity contribution is 9.10. The van der Waals surface area contributed by atoms with Crippen LogP contribution in [0.25, 0.3) is 0 Å². The fraction of sp³-hybridized carbons (Fsp3) is 0.143. The first kappa shape index (κ1) is 11.8. The molecule has 15 heavy (non-hydrogen) atoms. The van der Waals surface area contributed by atoms with Crippen molar-refractivity contribution in [3.63, 3.8) is 0 Å². The van der Waals surface area contributed by atoms with E-state index in [0.29, 0.717) is 6.07 Å². The van der Waals surface area contributed by atoms with Crippen LogP contribution >= 0.6 is 15.9 Å². The molecule has 0 aliphatic carbocycles. The van der Waals surface area contributed by atoms with Crippen molar-refractivity contribution in [3.8, 4) is 5.75 Å². The van der Waals surface area contributed by atoms with Crippen LogP contribution in [-0.4, -0.2) is 10.0 Å². The molecule has 0 atom stereocenters. The molecule has 8 heteroatoms. The number of halogens is 4. The van der Waals surface area contributed by atoms with Crippen LogP contribution in [0.4, 0.5) is 18.9 Å². The van der Waals surface area contributed by atoms with Gasteiger partial charge in [0.25, 0.3) is 0 Å². The molecule has 4 nitrogen and oxygen atoms in total. The molecule has 1 aromatic carbocycles. The van der Waals surface area contributed by atoms with E-state index in [-0.39, 0.29) is 6.07 Å². The highest BCUT2D eigenvalue weighted by Crippen LogP contribution is 2.40. The summed E-state index contributed by atoms with van der Waals surface area (Å²) in [6.45, 7) is 0. The molecule has 0 bridgehead atoms. The zero-order valence-corrected chi connectivity index (χ0v) is 8.46. The smallest absolute Gasteiger partial charge is 0.417 e. The van der Waals surface area contributed by atoms with Crippen molar-refractivity contribution in [2.45, 2.75) is 6.18 Å². The standard InChI is InChI=1S/C7H3BrF3NO3/c8-4-2-6(13)5(12(14)15)1-3(4)7(9,10)11/h1-2,13H. The minimum Gasteiger partial charge on any atom is -0.502 e. The highest BCUT2D eigenvalue weighted by Gasteiger charge is 2.35. The number of nitro groups is 1. The Morgan fingerprint density at radius 1 is 1.40 bits per heavy atom. The van der Waals surface area contributed by atoms with Crippen LogP contribution in [0, 0.1) is 10.1 Å². The van der Waals surface area contributed by atoms with Crippen molar-refractivity contribution in [1.82, 2.24) is 0 Å². The average Bonchev–Trinajstić information content (AvgIpc) is 2.00. The lowest BCUT2D eigenvalue weighted by Crippen LogP contribution is -2.06. The summed E-state index contributed by atoms with van der Waals surface area (Å²) in [6.07, 6.45) is -4.71. The van der Waals surface area contributed by atoms with Gasteiger partial charge in [-0.25, -0.2) is 0 Å². The molecular weight excluding hydrogens is 283 g/mol. The Labute approximate surface area is 89.6 Å². The quantitative estimate of drug-likeness (QED) is 0.637. The monoisotopic (exact) mass is 285 g/mol. The van der Waals surface area contributed by atoms with Gasteiger partial charge >= 0.3 is 11.9 Å². The van der Waals surface area contributed by atoms with Crippen LogP contribution in [0.15, 0.2) is 16.6 Å². The van der Waals surface area contributed by atoms with Crippen LogP contribution < -0.4 is 0 Å². The molecule has 0 radical (unpaired) electrons. The van der Waals surface area contributed by atoms with Crippen molar-refractivity contribution in [2.75, 3.05) is 0 Å². The molecule has 0 fully saturated rings. The van der Waals surface area contributed by atoms with Gasteiger partial charge in [-0.15, -0.1) is 0 Å². The topological polar surface area (TPSA) is 63.4 Å². The molecule has 1 rings (SSSR count). The molecule has 0 aliphatic heterocycles. The van der Waals surface area contributed by atoms with Gasteiger partial charge in [-0.1, -0.05) is 15.9 Å². The first-order chi connectivity index (χ1) is 6.73. The second-order valence-electron chi connectivity index (χ2n) is 2.58. The van der Waals surface area contributed by atoms with Crippen molar-refractivity contribution in [3.05, 3.63) is 32.3 Å². The lowest BCUT2D eigenvalue weighted by Gasteiger charge is -2.08. The largest absolute Gasteiger partial charge is 0.502 e. The Morgan fingerprint density at radius 3 is 2.33 bits per heavy atom. The van der Waals surface area contributed by atoms with Crippen LogP contribution in [0.1, 0.15) is 5.56 Å². The van der Waals surface area contributed by atoms with Gasteiger partial charge in [-0.05, 0) is 0 Å². The zero-order chi connectivity index (χ0) is 11.8. The third-order valence-electron chi connectivity index (χ3n) is 1.57. The fourth-order valence-corrected chi connectivity index (χ4v) is 1.47. The second kappa shape index (κ2) is 3.69. The van der Waals surface area contributed by atoms with E-state index in [1.807, 2.05) is 0 Å². The molecule has 0 unspecified atom stereocenters. The number of hydrogen-bond donors (Lipinski definition) is 1. The van der Waals surface area contributed by atoms with E-state index in [1.54, 1.807) is 0 Å². The van der Waals surface area contributed by atoms with E-state index in [9.17, 15) is 23.3 Å². The Hall–Kier alpha value is -1.31. The molecule has 1 aromatic rings. The van der Waals surface area contributed by atoms with Crippen molar-refractivity contribution < 1.29 is 23.2 Å². The molecule has 0 heterocycles. The van der Waals surface area contributed by atoms with Crippen molar-refractivity contribution in [2.24, 2.45) is 0 Å². The SMILES string of the molecule is O=[N+]([O-])c1cc(C(F)(F)F)c(Br)cc1O. The Balaban J connectivity index is 3.43. The third-order valence-corrected chi connectivity index (χ3v) is 2.22. The number of alkyl halides is 3. The normalized spacial score (nSPS) is 11.5. The van der Waals surface area contributed by atoms with Gasteiger partial charge in [-0.3, -0.25) is 10.1 Å². The highest BCUT2D eigenvalue weighted by atomic mass is 79.9. The molecular formula is C7H3BrF3NO3. The summed E-state index contributed by atoms with van der Waals surface area (Å²) < 4.78 is 36.4. The second-order valence-corrected chi connectivity index (χ2v) is 3.43. The number of nitro benzene ring substituents is 1. The Morgan fingerprint density at radius 2 is 1.93 bits per heavy atom. The third kappa shape index (κ3) is 2.38. The van der Waals surface area contributed by atoms with Gasteiger partial charge in [0.2, 0.25) is 0 Å². The molecule has 0 aromatic heterocycles. The maximum atomic E-state index is 12.3. The number of nitrogens with zero attached hydrogens (tertiary/aromatic N) is 1. The van der Waals surface area contributed by atoms with E-state index in [1.165, 1.54) is 0 Å². The summed E-state index contributed by atoms with van der Waals surface area (Å²) in [5, 5.41) is 19.3. The van der Waals surface area contributed by atoms with E-state index >= 15 is 0 Å². The lowest BCUT2D eigenvalue weighted by atomic mass is 10.2. The van der Waals surface area contributed by atoms with Crippen LogP contribution in [0.2, 0.25) is 0 Å². The fourth-order valence-electron chi connectivity index (χ4n) is 0.915. The van der Waals surface area contributed by atoms with Gasteiger partial charge in [0.15, 0.2) is 5.75 Å². The maximum absolute atomic E-state index is 12.3. The maximum Gasteiger partial charge on any atom is 0.417 e. The summed E-state index contributed by atoms with van der Waals surface area (Å²) in [5.41, 5.74) is -2.18. The summed E-state index contributed by atoms with van der Waals surface area (Å²) in [7, 11) is 0. The van der Waals surface area contributed by atoms with Gasteiger partial charge in [-0.2, -0.15) is 13.2 Å². The van der Waals surface area contributed by atoms with Crippen molar-refractivity contribution >= 4 is 21.6 Å². The first-order valence-corrected chi connectivity index (χ1v) is 4.27. The average molecular weight is 286 g/mol. The van der Waals surface area contributed by atoms with Gasteiger partial charge in [0.1, 0.15) is 0 Å². The van der Waals surface area contributed by atoms with E-state index in [0.717, 1.165) is 0 Å². The van der Waals surface area contributed by atoms with Crippen LogP contribution in [0.5, 0.6) is 5.75 Å². The number of rotatable bonds is 1. The number of aromatic hydroxyl groups is 1. The Kier molecular flexibility index (Phi) is 2.89. The number of phenolic OH excluding ortho intramolecular Hbond substituents is 1. The van der Waals surface area contributed by atoms with Crippen LogP contribution in [-0.2, 0) is 6.18 Å². The molecule has 0 spiro atoms. The molecule has 82 valence electrons. The number of hydrogen-bond acceptors (Lipinski definition) is 3. The first-order valence-electron chi connectivity index (χ1n) is 3.47. The van der Waals surface area contributed by atoms with Gasteiger partial charge in [0, 0.05) is 16.6 Å². The van der Waals surface area contributed by atoms with Crippen molar-refractivity contribution in [1.29, 1.82) is 0 Å². The number of phenols is 1. The molecule has 1 N–H and O–H groups in total. The van der Waals surface area contributed by atoms with Crippen LogP contribution in [0.3, 0.4) is 0 Å². The van der Waals surface area contributed by atoms with Gasteiger partial charge in [0.05, 0.1) is 10.5 Å². The van der Waals surface area contributed by atoms with E-state index < -0.39 is 32.6 Å². The predicted octanol–water partition coefficient (Wildman–Crippen LogP) is 3.08. The summed E-state index contributed by atoms with van der Waals surface area (Å²) >= 11 is 2.56. The minimum absolute atomic E-state index is 0.277. The van der Waals surface area contributed by atoms with E-state index in [4.69, 9.17) is 5.11 Å².